The molecule has 0 unspecified atom stereocenters. The van der Waals surface area contributed by atoms with E-state index in [1.165, 1.54) is 77.0 Å². The first kappa shape index (κ1) is 19.2. The summed E-state index contributed by atoms with van der Waals surface area (Å²) in [7, 11) is 0.324. The van der Waals surface area contributed by atoms with Crippen molar-refractivity contribution >= 4 is 9.52 Å². The highest BCUT2D eigenvalue weighted by Gasteiger charge is 1.94. The van der Waals surface area contributed by atoms with Crippen molar-refractivity contribution in [2.24, 2.45) is 0 Å². The van der Waals surface area contributed by atoms with Crippen molar-refractivity contribution in [3.8, 4) is 0 Å². The van der Waals surface area contributed by atoms with Crippen LogP contribution in [0.2, 0.25) is 12.1 Å². The highest BCUT2D eigenvalue weighted by Crippen LogP contribution is 2.11. The first-order valence-corrected chi connectivity index (χ1v) is 11.4. The summed E-state index contributed by atoms with van der Waals surface area (Å²) in [4.78, 5) is 0. The molecular formula is C18H40Si. The van der Waals surface area contributed by atoms with Gasteiger partial charge in [0.25, 0.3) is 0 Å². The van der Waals surface area contributed by atoms with Crippen LogP contribution < -0.4 is 0 Å². The maximum absolute atomic E-state index is 2.30. The molecule has 0 spiro atoms. The third-order valence-corrected chi connectivity index (χ3v) is 6.21. The second kappa shape index (κ2) is 18.2. The quantitative estimate of drug-likeness (QED) is 0.224. The van der Waals surface area contributed by atoms with Gasteiger partial charge < -0.3 is 0 Å². The van der Waals surface area contributed by atoms with Crippen LogP contribution in [0.25, 0.3) is 0 Å². The molecule has 116 valence electrons. The smallest absolute Gasteiger partial charge is 0.0197 e. The molecule has 0 rings (SSSR count). The molecule has 0 saturated heterocycles. The normalized spacial score (nSPS) is 11.7. The zero-order valence-corrected chi connectivity index (χ0v) is 15.4. The van der Waals surface area contributed by atoms with Gasteiger partial charge in [0.2, 0.25) is 0 Å². The average molecular weight is 285 g/mol. The monoisotopic (exact) mass is 284 g/mol. The van der Waals surface area contributed by atoms with Crippen molar-refractivity contribution in [2.45, 2.75) is 116 Å². The van der Waals surface area contributed by atoms with Gasteiger partial charge in [-0.25, -0.2) is 0 Å². The Kier molecular flexibility index (Phi) is 18.4. The number of unbranched alkanes of at least 4 members (excludes halogenated alkanes) is 12. The largest absolute Gasteiger partial charge is 0.0654 e. The lowest BCUT2D eigenvalue weighted by molar-refractivity contribution is 0.584. The lowest BCUT2D eigenvalue weighted by Gasteiger charge is -2.02. The van der Waals surface area contributed by atoms with Gasteiger partial charge in [-0.2, -0.15) is 0 Å². The molecule has 0 amide bonds. The van der Waals surface area contributed by atoms with Crippen molar-refractivity contribution < 1.29 is 0 Å². The van der Waals surface area contributed by atoms with E-state index in [1.54, 1.807) is 24.9 Å². The van der Waals surface area contributed by atoms with Gasteiger partial charge in [0, 0.05) is 9.52 Å². The van der Waals surface area contributed by atoms with Crippen molar-refractivity contribution in [3.63, 3.8) is 0 Å². The van der Waals surface area contributed by atoms with E-state index in [0.717, 1.165) is 0 Å². The molecule has 0 aliphatic rings. The minimum absolute atomic E-state index is 0.324. The molecule has 0 aromatic carbocycles. The van der Waals surface area contributed by atoms with Crippen molar-refractivity contribution in [2.75, 3.05) is 0 Å². The lowest BCUT2D eigenvalue weighted by Crippen LogP contribution is -1.90. The summed E-state index contributed by atoms with van der Waals surface area (Å²) < 4.78 is 0. The first-order chi connectivity index (χ1) is 9.41. The van der Waals surface area contributed by atoms with E-state index in [0.29, 0.717) is 9.52 Å². The van der Waals surface area contributed by atoms with Gasteiger partial charge in [-0.05, 0) is 0 Å². The van der Waals surface area contributed by atoms with Crippen LogP contribution in [0.15, 0.2) is 0 Å². The molecular weight excluding hydrogens is 244 g/mol. The maximum atomic E-state index is 2.30. The predicted molar refractivity (Wildman–Crippen MR) is 94.1 cm³/mol. The fourth-order valence-corrected chi connectivity index (χ4v) is 4.57. The molecule has 0 saturated carbocycles. The summed E-state index contributed by atoms with van der Waals surface area (Å²) in [5.74, 6) is 0. The molecule has 0 aliphatic heterocycles. The fourth-order valence-electron chi connectivity index (χ4n) is 2.80. The highest BCUT2D eigenvalue weighted by atomic mass is 28.2. The van der Waals surface area contributed by atoms with E-state index in [4.69, 9.17) is 0 Å². The van der Waals surface area contributed by atoms with Crippen LogP contribution in [-0.4, -0.2) is 9.52 Å². The van der Waals surface area contributed by atoms with Crippen molar-refractivity contribution in [3.05, 3.63) is 0 Å². The summed E-state index contributed by atoms with van der Waals surface area (Å²) in [6.45, 7) is 4.60. The number of hydrogen-bond acceptors (Lipinski definition) is 0. The molecule has 0 radical (unpaired) electrons. The Morgan fingerprint density at radius 2 is 0.737 bits per heavy atom. The topological polar surface area (TPSA) is 0 Å². The van der Waals surface area contributed by atoms with Crippen LogP contribution in [-0.2, 0) is 0 Å². The summed E-state index contributed by atoms with van der Waals surface area (Å²) in [6.07, 6.45) is 20.8. The van der Waals surface area contributed by atoms with E-state index in [2.05, 4.69) is 13.8 Å². The number of hydrogen-bond donors (Lipinski definition) is 0. The van der Waals surface area contributed by atoms with E-state index in [1.807, 2.05) is 0 Å². The molecule has 0 heterocycles. The molecule has 0 bridgehead atoms. The van der Waals surface area contributed by atoms with Gasteiger partial charge in [0.15, 0.2) is 0 Å². The predicted octanol–water partition coefficient (Wildman–Crippen LogP) is 6.49. The standard InChI is InChI=1S/C18H40Si/c1-3-5-7-9-11-12-14-16-18-19-17-15-13-10-8-6-4-2/h3-19H2,1-2H3. The Balaban J connectivity index is 2.88. The zero-order valence-electron chi connectivity index (χ0n) is 14.0. The number of rotatable bonds is 16. The third-order valence-electron chi connectivity index (χ3n) is 4.21. The maximum Gasteiger partial charge on any atom is 0.0197 e. The van der Waals surface area contributed by atoms with Gasteiger partial charge in [0.05, 0.1) is 0 Å². The van der Waals surface area contributed by atoms with E-state index >= 15 is 0 Å². The van der Waals surface area contributed by atoms with Crippen molar-refractivity contribution in [1.29, 1.82) is 0 Å². The molecule has 0 aromatic rings. The Morgan fingerprint density at radius 3 is 1.11 bits per heavy atom. The molecule has 0 aliphatic carbocycles. The highest BCUT2D eigenvalue weighted by molar-refractivity contribution is 6.35. The molecule has 0 aromatic heterocycles. The van der Waals surface area contributed by atoms with Crippen LogP contribution in [0.1, 0.15) is 104 Å². The van der Waals surface area contributed by atoms with Gasteiger partial charge in [0.1, 0.15) is 0 Å². The van der Waals surface area contributed by atoms with Crippen LogP contribution >= 0.6 is 0 Å². The Bertz CT molecular complexity index is 129. The van der Waals surface area contributed by atoms with E-state index in [-0.39, 0.29) is 0 Å². The summed E-state index contributed by atoms with van der Waals surface area (Å²) in [5, 5.41) is 0. The second-order valence-electron chi connectivity index (χ2n) is 6.30. The molecule has 0 N–H and O–H groups in total. The van der Waals surface area contributed by atoms with Gasteiger partial charge in [-0.1, -0.05) is 116 Å². The molecule has 19 heavy (non-hydrogen) atoms. The van der Waals surface area contributed by atoms with Crippen molar-refractivity contribution in [1.82, 2.24) is 0 Å². The van der Waals surface area contributed by atoms with Gasteiger partial charge in [-0.3, -0.25) is 0 Å². The summed E-state index contributed by atoms with van der Waals surface area (Å²) >= 11 is 0. The minimum Gasteiger partial charge on any atom is -0.0654 e. The third kappa shape index (κ3) is 18.2. The van der Waals surface area contributed by atoms with E-state index in [9.17, 15) is 0 Å². The van der Waals surface area contributed by atoms with Crippen LogP contribution in [0.4, 0.5) is 0 Å². The molecule has 1 heteroatoms. The Hall–Kier alpha value is 0.217. The Morgan fingerprint density at radius 1 is 0.421 bits per heavy atom. The lowest BCUT2D eigenvalue weighted by atomic mass is 10.1. The Labute approximate surface area is 126 Å². The SMILES string of the molecule is CCCCCCCCCC[SiH2]CCCCCCCC. The summed E-state index contributed by atoms with van der Waals surface area (Å²) in [5.41, 5.74) is 0. The van der Waals surface area contributed by atoms with E-state index < -0.39 is 0 Å². The van der Waals surface area contributed by atoms with Crippen LogP contribution in [0, 0.1) is 0 Å². The molecule has 0 fully saturated rings. The molecule has 0 atom stereocenters. The minimum atomic E-state index is 0.324. The van der Waals surface area contributed by atoms with Crippen LogP contribution in [0.3, 0.4) is 0 Å². The average Bonchev–Trinajstić information content (AvgIpc) is 2.43. The second-order valence-corrected chi connectivity index (χ2v) is 8.42. The summed E-state index contributed by atoms with van der Waals surface area (Å²) in [6, 6.07) is 3.26. The zero-order chi connectivity index (χ0) is 14.0. The van der Waals surface area contributed by atoms with Gasteiger partial charge >= 0.3 is 0 Å². The molecule has 0 nitrogen and oxygen atoms in total. The van der Waals surface area contributed by atoms with Gasteiger partial charge in [-0.15, -0.1) is 0 Å². The first-order valence-electron chi connectivity index (χ1n) is 9.41. The fraction of sp³-hybridized carbons (Fsp3) is 1.00. The van der Waals surface area contributed by atoms with Crippen LogP contribution in [0.5, 0.6) is 0 Å².